The Morgan fingerprint density at radius 2 is 1.65 bits per heavy atom. The smallest absolute Gasteiger partial charge is 0.254 e. The lowest BCUT2D eigenvalue weighted by Gasteiger charge is -2.23. The molecule has 0 fully saturated rings. The second-order valence-corrected chi connectivity index (χ2v) is 5.12. The standard InChI is InChI=1S/C15H21BrN2O2/c1-4-18(5-2)14(19)11-17(3)15(20)13-8-6-12(10-16)7-9-13/h6-9H,4-5,10-11H2,1-3H3. The summed E-state index contributed by atoms with van der Waals surface area (Å²) in [5.41, 5.74) is 1.72. The third-order valence-corrected chi connectivity index (χ3v) is 3.84. The van der Waals surface area contributed by atoms with Crippen LogP contribution in [0, 0.1) is 0 Å². The number of nitrogens with zero attached hydrogens (tertiary/aromatic N) is 2. The van der Waals surface area contributed by atoms with E-state index in [1.165, 1.54) is 4.90 Å². The molecule has 1 aromatic carbocycles. The van der Waals surface area contributed by atoms with Gasteiger partial charge in [0.1, 0.15) is 0 Å². The largest absolute Gasteiger partial charge is 0.342 e. The van der Waals surface area contributed by atoms with Gasteiger partial charge in [0.15, 0.2) is 0 Å². The molecule has 4 nitrogen and oxygen atoms in total. The van der Waals surface area contributed by atoms with E-state index in [0.717, 1.165) is 10.9 Å². The molecule has 0 heterocycles. The van der Waals surface area contributed by atoms with Crippen molar-refractivity contribution in [2.75, 3.05) is 26.7 Å². The van der Waals surface area contributed by atoms with E-state index < -0.39 is 0 Å². The van der Waals surface area contributed by atoms with Crippen LogP contribution >= 0.6 is 15.9 Å². The molecule has 0 aliphatic carbocycles. The first-order chi connectivity index (χ1) is 9.53. The Hall–Kier alpha value is -1.36. The van der Waals surface area contributed by atoms with E-state index in [1.807, 2.05) is 26.0 Å². The number of rotatable bonds is 6. The highest BCUT2D eigenvalue weighted by atomic mass is 79.9. The van der Waals surface area contributed by atoms with Crippen LogP contribution in [-0.4, -0.2) is 48.3 Å². The first-order valence-electron chi connectivity index (χ1n) is 6.71. The highest BCUT2D eigenvalue weighted by Gasteiger charge is 2.17. The number of amides is 2. The fourth-order valence-corrected chi connectivity index (χ4v) is 2.28. The van der Waals surface area contributed by atoms with Crippen LogP contribution < -0.4 is 0 Å². The minimum absolute atomic E-state index is 0.0251. The second-order valence-electron chi connectivity index (χ2n) is 4.56. The van der Waals surface area contributed by atoms with Crippen molar-refractivity contribution in [3.8, 4) is 0 Å². The van der Waals surface area contributed by atoms with E-state index in [4.69, 9.17) is 0 Å². The monoisotopic (exact) mass is 340 g/mol. The number of carbonyl (C=O) groups excluding carboxylic acids is 2. The van der Waals surface area contributed by atoms with Gasteiger partial charge < -0.3 is 9.80 Å². The zero-order chi connectivity index (χ0) is 15.1. The average molecular weight is 341 g/mol. The van der Waals surface area contributed by atoms with E-state index >= 15 is 0 Å². The Morgan fingerprint density at radius 1 is 1.10 bits per heavy atom. The van der Waals surface area contributed by atoms with Crippen LogP contribution in [0.3, 0.4) is 0 Å². The highest BCUT2D eigenvalue weighted by molar-refractivity contribution is 9.08. The fraction of sp³-hybridized carbons (Fsp3) is 0.467. The SMILES string of the molecule is CCN(CC)C(=O)CN(C)C(=O)c1ccc(CBr)cc1. The molecule has 110 valence electrons. The van der Waals surface area contributed by atoms with Crippen molar-refractivity contribution in [2.45, 2.75) is 19.2 Å². The number of halogens is 1. The maximum absolute atomic E-state index is 12.2. The van der Waals surface area contributed by atoms with Gasteiger partial charge in [-0.3, -0.25) is 9.59 Å². The van der Waals surface area contributed by atoms with Gasteiger partial charge in [-0.25, -0.2) is 0 Å². The summed E-state index contributed by atoms with van der Waals surface area (Å²) in [6.07, 6.45) is 0. The Kier molecular flexibility index (Phi) is 6.71. The quantitative estimate of drug-likeness (QED) is 0.746. The molecular weight excluding hydrogens is 320 g/mol. The molecule has 20 heavy (non-hydrogen) atoms. The molecule has 0 unspecified atom stereocenters. The summed E-state index contributed by atoms with van der Waals surface area (Å²) in [7, 11) is 1.65. The molecular formula is C15H21BrN2O2. The van der Waals surface area contributed by atoms with Gasteiger partial charge in [-0.15, -0.1) is 0 Å². The van der Waals surface area contributed by atoms with Crippen molar-refractivity contribution < 1.29 is 9.59 Å². The average Bonchev–Trinajstić information content (AvgIpc) is 2.47. The number of benzene rings is 1. The molecule has 1 rings (SSSR count). The third-order valence-electron chi connectivity index (χ3n) is 3.19. The molecule has 0 bridgehead atoms. The predicted octanol–water partition coefficient (Wildman–Crippen LogP) is 2.52. The number of alkyl halides is 1. The Bertz CT molecular complexity index is 455. The van der Waals surface area contributed by atoms with Gasteiger partial charge >= 0.3 is 0 Å². The van der Waals surface area contributed by atoms with Crippen LogP contribution in [0.4, 0.5) is 0 Å². The van der Waals surface area contributed by atoms with Crippen molar-refractivity contribution in [3.05, 3.63) is 35.4 Å². The summed E-state index contributed by atoms with van der Waals surface area (Å²) >= 11 is 3.37. The first kappa shape index (κ1) is 16.7. The molecule has 0 saturated heterocycles. The molecule has 0 aliphatic heterocycles. The number of hydrogen-bond acceptors (Lipinski definition) is 2. The molecule has 0 N–H and O–H groups in total. The lowest BCUT2D eigenvalue weighted by atomic mass is 10.1. The third kappa shape index (κ3) is 4.34. The van der Waals surface area contributed by atoms with Crippen molar-refractivity contribution in [1.29, 1.82) is 0 Å². The number of hydrogen-bond donors (Lipinski definition) is 0. The van der Waals surface area contributed by atoms with Crippen LogP contribution in [0.5, 0.6) is 0 Å². The van der Waals surface area contributed by atoms with Crippen LogP contribution in [0.1, 0.15) is 29.8 Å². The maximum Gasteiger partial charge on any atom is 0.254 e. The van der Waals surface area contributed by atoms with Crippen LogP contribution in [0.25, 0.3) is 0 Å². The molecule has 0 aromatic heterocycles. The lowest BCUT2D eigenvalue weighted by molar-refractivity contribution is -0.131. The molecule has 0 radical (unpaired) electrons. The minimum Gasteiger partial charge on any atom is -0.342 e. The first-order valence-corrected chi connectivity index (χ1v) is 7.83. The minimum atomic E-state index is -0.133. The van der Waals surface area contributed by atoms with Crippen LogP contribution in [0.2, 0.25) is 0 Å². The predicted molar refractivity (Wildman–Crippen MR) is 84.0 cm³/mol. The molecule has 0 aliphatic rings. The van der Waals surface area contributed by atoms with Gasteiger partial charge in [0.05, 0.1) is 6.54 Å². The zero-order valence-corrected chi connectivity index (χ0v) is 13.8. The normalized spacial score (nSPS) is 10.2. The molecule has 0 saturated carbocycles. The summed E-state index contributed by atoms with van der Waals surface area (Å²) in [6, 6.07) is 7.39. The van der Waals surface area contributed by atoms with E-state index in [0.29, 0.717) is 18.7 Å². The fourth-order valence-electron chi connectivity index (χ4n) is 1.91. The molecule has 0 atom stereocenters. The molecule has 5 heteroatoms. The Balaban J connectivity index is 2.68. The van der Waals surface area contributed by atoms with Gasteiger partial charge in [-0.1, -0.05) is 28.1 Å². The number of likely N-dealkylation sites (N-methyl/N-ethyl adjacent to an activating group) is 2. The van der Waals surface area contributed by atoms with E-state index in [1.54, 1.807) is 24.1 Å². The van der Waals surface area contributed by atoms with Crippen LogP contribution in [-0.2, 0) is 10.1 Å². The number of carbonyl (C=O) groups is 2. The summed E-state index contributed by atoms with van der Waals surface area (Å²) in [6.45, 7) is 5.31. The van der Waals surface area contributed by atoms with Gasteiger partial charge in [0, 0.05) is 31.0 Å². The topological polar surface area (TPSA) is 40.6 Å². The Labute approximate surface area is 128 Å². The summed E-state index contributed by atoms with van der Waals surface area (Å²) < 4.78 is 0. The van der Waals surface area contributed by atoms with Crippen LogP contribution in [0.15, 0.2) is 24.3 Å². The van der Waals surface area contributed by atoms with E-state index in [-0.39, 0.29) is 18.4 Å². The second kappa shape index (κ2) is 8.04. The van der Waals surface area contributed by atoms with Gasteiger partial charge in [0.2, 0.25) is 5.91 Å². The zero-order valence-electron chi connectivity index (χ0n) is 12.2. The summed E-state index contributed by atoms with van der Waals surface area (Å²) in [5.74, 6) is -0.158. The summed E-state index contributed by atoms with van der Waals surface area (Å²) in [5, 5.41) is 0.762. The lowest BCUT2D eigenvalue weighted by Crippen LogP contribution is -2.41. The maximum atomic E-state index is 12.2. The van der Waals surface area contributed by atoms with Gasteiger partial charge in [-0.2, -0.15) is 0 Å². The molecule has 2 amide bonds. The molecule has 1 aromatic rings. The Morgan fingerprint density at radius 3 is 2.10 bits per heavy atom. The van der Waals surface area contributed by atoms with Crippen molar-refractivity contribution >= 4 is 27.7 Å². The van der Waals surface area contributed by atoms with Crippen molar-refractivity contribution in [1.82, 2.24) is 9.80 Å². The van der Waals surface area contributed by atoms with Gasteiger partial charge in [0.25, 0.3) is 5.91 Å². The van der Waals surface area contributed by atoms with Crippen molar-refractivity contribution in [2.24, 2.45) is 0 Å². The van der Waals surface area contributed by atoms with E-state index in [9.17, 15) is 9.59 Å². The summed E-state index contributed by atoms with van der Waals surface area (Å²) in [4.78, 5) is 27.4. The van der Waals surface area contributed by atoms with Gasteiger partial charge in [-0.05, 0) is 31.5 Å². The highest BCUT2D eigenvalue weighted by Crippen LogP contribution is 2.09. The molecule has 0 spiro atoms. The van der Waals surface area contributed by atoms with E-state index in [2.05, 4.69) is 15.9 Å². The van der Waals surface area contributed by atoms with Crippen molar-refractivity contribution in [3.63, 3.8) is 0 Å².